The first-order valence-corrected chi connectivity index (χ1v) is 6.68. The van der Waals surface area contributed by atoms with Gasteiger partial charge in [-0.1, -0.05) is 0 Å². The lowest BCUT2D eigenvalue weighted by atomic mass is 10.1. The van der Waals surface area contributed by atoms with Crippen molar-refractivity contribution in [1.82, 2.24) is 19.9 Å². The zero-order valence-corrected chi connectivity index (χ0v) is 11.9. The highest BCUT2D eigenvalue weighted by molar-refractivity contribution is 5.10. The van der Waals surface area contributed by atoms with E-state index in [-0.39, 0.29) is 5.54 Å². The Hall–Kier alpha value is -1.68. The van der Waals surface area contributed by atoms with E-state index in [4.69, 9.17) is 0 Å². The maximum atomic E-state index is 4.42. The predicted molar refractivity (Wildman–Crippen MR) is 76.8 cm³/mol. The Labute approximate surface area is 114 Å². The van der Waals surface area contributed by atoms with Gasteiger partial charge in [-0.05, 0) is 44.9 Å². The Morgan fingerprint density at radius 1 is 1.16 bits per heavy atom. The van der Waals surface area contributed by atoms with Gasteiger partial charge in [0.25, 0.3) is 0 Å². The molecule has 0 amide bonds. The largest absolute Gasteiger partial charge is 0.334 e. The molecule has 2 rings (SSSR count). The summed E-state index contributed by atoms with van der Waals surface area (Å²) in [5, 5.41) is 3.47. The number of hydrogen-bond acceptors (Lipinski definition) is 3. The summed E-state index contributed by atoms with van der Waals surface area (Å²) < 4.78 is 2.21. The van der Waals surface area contributed by atoms with Crippen molar-refractivity contribution in [1.29, 1.82) is 0 Å². The molecule has 2 aromatic rings. The lowest BCUT2D eigenvalue weighted by molar-refractivity contribution is 0.411. The van der Waals surface area contributed by atoms with Gasteiger partial charge in [0.15, 0.2) is 0 Å². The van der Waals surface area contributed by atoms with Crippen LogP contribution in [0.25, 0.3) is 0 Å². The van der Waals surface area contributed by atoms with Crippen molar-refractivity contribution in [2.45, 2.75) is 45.8 Å². The summed E-state index contributed by atoms with van der Waals surface area (Å²) >= 11 is 0. The first kappa shape index (κ1) is 13.7. The van der Waals surface area contributed by atoms with E-state index >= 15 is 0 Å². The van der Waals surface area contributed by atoms with E-state index in [0.717, 1.165) is 25.3 Å². The van der Waals surface area contributed by atoms with Gasteiger partial charge in [0, 0.05) is 36.9 Å². The van der Waals surface area contributed by atoms with Gasteiger partial charge in [-0.15, -0.1) is 0 Å². The van der Waals surface area contributed by atoms with Crippen LogP contribution in [-0.2, 0) is 19.5 Å². The zero-order valence-electron chi connectivity index (χ0n) is 11.9. The summed E-state index contributed by atoms with van der Waals surface area (Å²) in [6.07, 6.45) is 8.59. The topological polar surface area (TPSA) is 42.7 Å². The van der Waals surface area contributed by atoms with E-state index in [1.54, 1.807) is 0 Å². The average Bonchev–Trinajstić information content (AvgIpc) is 2.82. The van der Waals surface area contributed by atoms with Gasteiger partial charge >= 0.3 is 0 Å². The predicted octanol–water partition coefficient (Wildman–Crippen LogP) is 2.41. The summed E-state index contributed by atoms with van der Waals surface area (Å²) in [4.78, 5) is 8.45. The van der Waals surface area contributed by atoms with Gasteiger partial charge in [-0.3, -0.25) is 4.98 Å². The second kappa shape index (κ2) is 5.97. The first-order chi connectivity index (χ1) is 9.04. The number of rotatable bonds is 5. The summed E-state index contributed by atoms with van der Waals surface area (Å²) in [6.45, 7) is 8.24. The van der Waals surface area contributed by atoms with Crippen molar-refractivity contribution < 1.29 is 0 Å². The number of aromatic nitrogens is 3. The van der Waals surface area contributed by atoms with Crippen LogP contribution in [0.2, 0.25) is 0 Å². The number of imidazole rings is 1. The lowest BCUT2D eigenvalue weighted by Crippen LogP contribution is -2.36. The van der Waals surface area contributed by atoms with Crippen LogP contribution in [0.5, 0.6) is 0 Å². The van der Waals surface area contributed by atoms with Crippen LogP contribution in [0.4, 0.5) is 0 Å². The highest BCUT2D eigenvalue weighted by Gasteiger charge is 2.10. The summed E-state index contributed by atoms with van der Waals surface area (Å²) in [5.41, 5.74) is 1.42. The quantitative estimate of drug-likeness (QED) is 0.895. The van der Waals surface area contributed by atoms with Gasteiger partial charge in [0.2, 0.25) is 0 Å². The fourth-order valence-electron chi connectivity index (χ4n) is 1.85. The molecular formula is C15H22N4. The van der Waals surface area contributed by atoms with E-state index < -0.39 is 0 Å². The highest BCUT2D eigenvalue weighted by Crippen LogP contribution is 2.06. The first-order valence-electron chi connectivity index (χ1n) is 6.68. The second-order valence-electron chi connectivity index (χ2n) is 5.75. The number of nitrogens with zero attached hydrogens (tertiary/aromatic N) is 3. The molecule has 1 N–H and O–H groups in total. The van der Waals surface area contributed by atoms with Crippen molar-refractivity contribution >= 4 is 0 Å². The summed E-state index contributed by atoms with van der Waals surface area (Å²) in [7, 11) is 0. The van der Waals surface area contributed by atoms with E-state index in [1.807, 2.05) is 24.8 Å². The van der Waals surface area contributed by atoms with Crippen LogP contribution >= 0.6 is 0 Å². The normalized spacial score (nSPS) is 11.7. The van der Waals surface area contributed by atoms with Crippen molar-refractivity contribution in [3.63, 3.8) is 0 Å². The molecule has 2 heterocycles. The molecule has 102 valence electrons. The van der Waals surface area contributed by atoms with Crippen molar-refractivity contribution in [2.24, 2.45) is 0 Å². The van der Waals surface area contributed by atoms with Crippen LogP contribution < -0.4 is 5.32 Å². The van der Waals surface area contributed by atoms with Gasteiger partial charge in [-0.2, -0.15) is 0 Å². The maximum Gasteiger partial charge on any atom is 0.122 e. The smallest absolute Gasteiger partial charge is 0.122 e. The Morgan fingerprint density at radius 3 is 2.58 bits per heavy atom. The fourth-order valence-corrected chi connectivity index (χ4v) is 1.85. The molecule has 0 saturated carbocycles. The molecule has 0 unspecified atom stereocenters. The molecule has 0 aromatic carbocycles. The van der Waals surface area contributed by atoms with Crippen LogP contribution in [0.15, 0.2) is 36.9 Å². The molecule has 0 aliphatic rings. The highest BCUT2D eigenvalue weighted by atomic mass is 15.1. The molecule has 0 radical (unpaired) electrons. The lowest BCUT2D eigenvalue weighted by Gasteiger charge is -2.20. The maximum absolute atomic E-state index is 4.42. The van der Waals surface area contributed by atoms with Crippen molar-refractivity contribution in [3.05, 3.63) is 48.3 Å². The number of hydrogen-bond donors (Lipinski definition) is 1. The Morgan fingerprint density at radius 2 is 1.89 bits per heavy atom. The molecule has 0 bridgehead atoms. The SMILES string of the molecule is CC(C)(C)NCc1nccn1CCc1ccncc1. The molecule has 0 aliphatic heterocycles. The Kier molecular flexibility index (Phi) is 4.32. The molecular weight excluding hydrogens is 236 g/mol. The van der Waals surface area contributed by atoms with Gasteiger partial charge in [0.05, 0.1) is 6.54 Å². The summed E-state index contributed by atoms with van der Waals surface area (Å²) in [6, 6.07) is 4.12. The Bertz CT molecular complexity index is 496. The minimum Gasteiger partial charge on any atom is -0.334 e. The van der Waals surface area contributed by atoms with E-state index in [2.05, 4.69) is 52.8 Å². The molecule has 0 saturated heterocycles. The van der Waals surface area contributed by atoms with Crippen LogP contribution in [0.3, 0.4) is 0 Å². The van der Waals surface area contributed by atoms with Crippen LogP contribution in [-0.4, -0.2) is 20.1 Å². The zero-order chi connectivity index (χ0) is 13.7. The van der Waals surface area contributed by atoms with E-state index in [9.17, 15) is 0 Å². The molecule has 0 aliphatic carbocycles. The van der Waals surface area contributed by atoms with Gasteiger partial charge in [0.1, 0.15) is 5.82 Å². The van der Waals surface area contributed by atoms with Crippen LogP contribution in [0.1, 0.15) is 32.2 Å². The molecule has 0 fully saturated rings. The van der Waals surface area contributed by atoms with Gasteiger partial charge in [-0.25, -0.2) is 4.98 Å². The monoisotopic (exact) mass is 258 g/mol. The number of pyridine rings is 1. The third kappa shape index (κ3) is 4.48. The Balaban J connectivity index is 1.92. The molecule has 4 heteroatoms. The third-order valence-electron chi connectivity index (χ3n) is 2.97. The van der Waals surface area contributed by atoms with E-state index in [0.29, 0.717) is 0 Å². The minimum atomic E-state index is 0.113. The van der Waals surface area contributed by atoms with Crippen LogP contribution in [0, 0.1) is 0 Å². The molecule has 0 spiro atoms. The molecule has 19 heavy (non-hydrogen) atoms. The third-order valence-corrected chi connectivity index (χ3v) is 2.97. The average molecular weight is 258 g/mol. The fraction of sp³-hybridized carbons (Fsp3) is 0.467. The number of nitrogens with one attached hydrogen (secondary N) is 1. The molecule has 2 aromatic heterocycles. The molecule has 0 atom stereocenters. The number of aryl methyl sites for hydroxylation is 2. The van der Waals surface area contributed by atoms with Gasteiger partial charge < -0.3 is 9.88 Å². The summed E-state index contributed by atoms with van der Waals surface area (Å²) in [5.74, 6) is 1.09. The minimum absolute atomic E-state index is 0.113. The van der Waals surface area contributed by atoms with Crippen molar-refractivity contribution in [2.75, 3.05) is 0 Å². The van der Waals surface area contributed by atoms with Crippen molar-refractivity contribution in [3.8, 4) is 0 Å². The van der Waals surface area contributed by atoms with E-state index in [1.165, 1.54) is 5.56 Å². The second-order valence-corrected chi connectivity index (χ2v) is 5.75. The molecule has 4 nitrogen and oxygen atoms in total. The standard InChI is InChI=1S/C15H22N4/c1-15(2,3)18-12-14-17-9-11-19(14)10-6-13-4-7-16-8-5-13/h4-5,7-9,11,18H,6,10,12H2,1-3H3.